The van der Waals surface area contributed by atoms with Gasteiger partial charge in [-0.15, -0.1) is 0 Å². The average Bonchev–Trinajstić information content (AvgIpc) is 2.68. The molecule has 0 unspecified atom stereocenters. The number of benzene rings is 1. The summed E-state index contributed by atoms with van der Waals surface area (Å²) in [5.41, 5.74) is 12.2. The van der Waals surface area contributed by atoms with Crippen LogP contribution in [0.1, 0.15) is 39.2 Å². The molecule has 0 fully saturated rings. The minimum Gasteiger partial charge on any atom is -0.461 e. The lowest BCUT2D eigenvalue weighted by atomic mass is 10.0. The fourth-order valence-corrected chi connectivity index (χ4v) is 2.46. The summed E-state index contributed by atoms with van der Waals surface area (Å²) < 4.78 is 4.92. The molecule has 0 aliphatic heterocycles. The SMILES string of the molecule is CC(=O)OCc1ccc(NC(=O)[C@@H](CCCNC(N)=O)NC(=O)[C@H](N)C(C)C)cc1. The quantitative estimate of drug-likeness (QED) is 0.259. The number of rotatable bonds is 11. The van der Waals surface area contributed by atoms with Crippen LogP contribution in [-0.4, -0.2) is 42.4 Å². The minimum absolute atomic E-state index is 0.0880. The molecule has 2 atom stereocenters. The summed E-state index contributed by atoms with van der Waals surface area (Å²) in [6.45, 7) is 5.37. The van der Waals surface area contributed by atoms with Crippen LogP contribution >= 0.6 is 0 Å². The van der Waals surface area contributed by atoms with E-state index in [-0.39, 0.29) is 31.5 Å². The highest BCUT2D eigenvalue weighted by molar-refractivity contribution is 5.97. The van der Waals surface area contributed by atoms with Gasteiger partial charge < -0.3 is 32.2 Å². The Morgan fingerprint density at radius 2 is 1.70 bits per heavy atom. The van der Waals surface area contributed by atoms with Crippen LogP contribution in [0.5, 0.6) is 0 Å². The van der Waals surface area contributed by atoms with Crippen molar-refractivity contribution in [1.82, 2.24) is 10.6 Å². The Morgan fingerprint density at radius 1 is 1.07 bits per heavy atom. The number of carbonyl (C=O) groups excluding carboxylic acids is 4. The number of primary amides is 1. The second kappa shape index (κ2) is 12.4. The maximum Gasteiger partial charge on any atom is 0.312 e. The van der Waals surface area contributed by atoms with Crippen LogP contribution in [0.15, 0.2) is 24.3 Å². The molecular formula is C20H31N5O5. The highest BCUT2D eigenvalue weighted by Gasteiger charge is 2.25. The van der Waals surface area contributed by atoms with Gasteiger partial charge in [0.25, 0.3) is 0 Å². The first kappa shape index (κ1) is 24.9. The van der Waals surface area contributed by atoms with Crippen LogP contribution in [0.4, 0.5) is 10.5 Å². The Kier molecular flexibility index (Phi) is 10.3. The number of anilines is 1. The second-order valence-corrected chi connectivity index (χ2v) is 7.23. The largest absolute Gasteiger partial charge is 0.461 e. The average molecular weight is 421 g/mol. The number of nitrogens with two attached hydrogens (primary N) is 2. The van der Waals surface area contributed by atoms with E-state index in [4.69, 9.17) is 16.2 Å². The maximum absolute atomic E-state index is 12.7. The van der Waals surface area contributed by atoms with Gasteiger partial charge in [-0.05, 0) is 36.5 Å². The Morgan fingerprint density at radius 3 is 2.23 bits per heavy atom. The lowest BCUT2D eigenvalue weighted by Gasteiger charge is -2.22. The predicted molar refractivity (Wildman–Crippen MR) is 112 cm³/mol. The third-order valence-corrected chi connectivity index (χ3v) is 4.29. The summed E-state index contributed by atoms with van der Waals surface area (Å²) in [5.74, 6) is -1.30. The van der Waals surface area contributed by atoms with Crippen molar-refractivity contribution in [2.75, 3.05) is 11.9 Å². The van der Waals surface area contributed by atoms with Gasteiger partial charge in [0, 0.05) is 19.2 Å². The molecule has 0 heterocycles. The van der Waals surface area contributed by atoms with Crippen molar-refractivity contribution in [1.29, 1.82) is 0 Å². The number of ether oxygens (including phenoxy) is 1. The minimum atomic E-state index is -0.835. The summed E-state index contributed by atoms with van der Waals surface area (Å²) in [4.78, 5) is 46.7. The van der Waals surface area contributed by atoms with E-state index in [0.717, 1.165) is 5.56 Å². The van der Waals surface area contributed by atoms with Gasteiger partial charge in [0.2, 0.25) is 11.8 Å². The first-order chi connectivity index (χ1) is 14.1. The molecule has 7 N–H and O–H groups in total. The van der Waals surface area contributed by atoms with Gasteiger partial charge in [-0.1, -0.05) is 26.0 Å². The van der Waals surface area contributed by atoms with Gasteiger partial charge in [0.1, 0.15) is 12.6 Å². The molecule has 1 rings (SSSR count). The van der Waals surface area contributed by atoms with E-state index in [1.54, 1.807) is 24.3 Å². The van der Waals surface area contributed by atoms with Crippen LogP contribution in [0.3, 0.4) is 0 Å². The number of hydrogen-bond acceptors (Lipinski definition) is 6. The molecule has 0 aromatic heterocycles. The van der Waals surface area contributed by atoms with Crippen molar-refractivity contribution < 1.29 is 23.9 Å². The van der Waals surface area contributed by atoms with Crippen LogP contribution in [0.2, 0.25) is 0 Å². The zero-order valence-corrected chi connectivity index (χ0v) is 17.6. The number of amides is 4. The molecule has 0 saturated heterocycles. The number of esters is 1. The number of nitrogens with one attached hydrogen (secondary N) is 3. The zero-order chi connectivity index (χ0) is 22.7. The maximum atomic E-state index is 12.7. The van der Waals surface area contributed by atoms with Crippen LogP contribution in [0, 0.1) is 5.92 Å². The highest BCUT2D eigenvalue weighted by atomic mass is 16.5. The van der Waals surface area contributed by atoms with Gasteiger partial charge in [-0.2, -0.15) is 0 Å². The van der Waals surface area contributed by atoms with E-state index in [0.29, 0.717) is 12.1 Å². The van der Waals surface area contributed by atoms with Crippen LogP contribution in [-0.2, 0) is 25.7 Å². The van der Waals surface area contributed by atoms with E-state index in [9.17, 15) is 19.2 Å². The van der Waals surface area contributed by atoms with E-state index in [1.807, 2.05) is 13.8 Å². The van der Waals surface area contributed by atoms with Crippen molar-refractivity contribution in [2.24, 2.45) is 17.4 Å². The molecule has 0 radical (unpaired) electrons. The van der Waals surface area contributed by atoms with Gasteiger partial charge in [-0.25, -0.2) is 4.79 Å². The van der Waals surface area contributed by atoms with E-state index >= 15 is 0 Å². The molecule has 4 amide bonds. The highest BCUT2D eigenvalue weighted by Crippen LogP contribution is 2.12. The topological polar surface area (TPSA) is 166 Å². The lowest BCUT2D eigenvalue weighted by molar-refractivity contribution is -0.142. The summed E-state index contributed by atoms with van der Waals surface area (Å²) >= 11 is 0. The number of hydrogen-bond donors (Lipinski definition) is 5. The Bertz CT molecular complexity index is 736. The van der Waals surface area contributed by atoms with Gasteiger partial charge in [0.15, 0.2) is 0 Å². The van der Waals surface area contributed by atoms with Crippen LogP contribution in [0.25, 0.3) is 0 Å². The Labute approximate surface area is 176 Å². The van der Waals surface area contributed by atoms with E-state index in [1.165, 1.54) is 6.92 Å². The number of carbonyl (C=O) groups is 4. The van der Waals surface area contributed by atoms with Crippen molar-refractivity contribution in [3.8, 4) is 0 Å². The molecule has 1 aromatic rings. The fourth-order valence-electron chi connectivity index (χ4n) is 2.46. The second-order valence-electron chi connectivity index (χ2n) is 7.23. The van der Waals surface area contributed by atoms with Gasteiger partial charge in [-0.3, -0.25) is 14.4 Å². The zero-order valence-electron chi connectivity index (χ0n) is 17.6. The summed E-state index contributed by atoms with van der Waals surface area (Å²) in [7, 11) is 0. The third-order valence-electron chi connectivity index (χ3n) is 4.29. The first-order valence-electron chi connectivity index (χ1n) is 9.72. The third kappa shape index (κ3) is 9.37. The smallest absolute Gasteiger partial charge is 0.312 e. The number of urea groups is 1. The van der Waals surface area contributed by atoms with E-state index < -0.39 is 29.9 Å². The normalized spacial score (nSPS) is 12.6. The Balaban J connectivity index is 2.75. The van der Waals surface area contributed by atoms with Crippen molar-refractivity contribution in [3.63, 3.8) is 0 Å². The molecule has 0 aliphatic rings. The molecule has 0 spiro atoms. The van der Waals surface area contributed by atoms with Gasteiger partial charge in [0.05, 0.1) is 6.04 Å². The lowest BCUT2D eigenvalue weighted by Crippen LogP contribution is -2.51. The summed E-state index contributed by atoms with van der Waals surface area (Å²) in [6.07, 6.45) is 0.715. The molecule has 0 bridgehead atoms. The van der Waals surface area contributed by atoms with Crippen molar-refractivity contribution in [2.45, 2.75) is 52.3 Å². The molecule has 30 heavy (non-hydrogen) atoms. The molecular weight excluding hydrogens is 390 g/mol. The monoisotopic (exact) mass is 421 g/mol. The summed E-state index contributed by atoms with van der Waals surface area (Å²) in [6, 6.07) is 4.54. The summed E-state index contributed by atoms with van der Waals surface area (Å²) in [5, 5.41) is 7.86. The fraction of sp³-hybridized carbons (Fsp3) is 0.500. The standard InChI is InChI=1S/C20H31N5O5/c1-12(2)17(21)19(28)25-16(5-4-10-23-20(22)29)18(27)24-15-8-6-14(7-9-15)11-30-13(3)26/h6-9,12,16-17H,4-5,10-11,21H2,1-3H3,(H,24,27)(H,25,28)(H3,22,23,29)/t16-,17-/m1/s1. The predicted octanol–water partition coefficient (Wildman–Crippen LogP) is 0.605. The molecule has 0 aliphatic carbocycles. The van der Waals surface area contributed by atoms with Gasteiger partial charge >= 0.3 is 12.0 Å². The molecule has 1 aromatic carbocycles. The van der Waals surface area contributed by atoms with E-state index in [2.05, 4.69) is 16.0 Å². The molecule has 166 valence electrons. The van der Waals surface area contributed by atoms with Crippen molar-refractivity contribution in [3.05, 3.63) is 29.8 Å². The van der Waals surface area contributed by atoms with Crippen molar-refractivity contribution >= 4 is 29.5 Å². The molecule has 10 nitrogen and oxygen atoms in total. The molecule has 10 heteroatoms. The first-order valence-corrected chi connectivity index (χ1v) is 9.72. The van der Waals surface area contributed by atoms with Crippen LogP contribution < -0.4 is 27.4 Å². The Hall–Kier alpha value is -3.14. The molecule has 0 saturated carbocycles.